The van der Waals surface area contributed by atoms with Crippen LogP contribution in [0.1, 0.15) is 13.8 Å². The van der Waals surface area contributed by atoms with E-state index in [0.29, 0.717) is 0 Å². The molecule has 0 amide bonds. The second-order valence-electron chi connectivity index (χ2n) is 6.10. The van der Waals surface area contributed by atoms with Gasteiger partial charge in [-0.1, -0.05) is 41.9 Å². The molecule has 0 aromatic heterocycles. The zero-order valence-electron chi connectivity index (χ0n) is 11.9. The van der Waals surface area contributed by atoms with Gasteiger partial charge in [0.15, 0.2) is 0 Å². The van der Waals surface area contributed by atoms with E-state index in [1.54, 1.807) is 0 Å². The van der Waals surface area contributed by atoms with Crippen LogP contribution in [0.3, 0.4) is 0 Å². The lowest BCUT2D eigenvalue weighted by atomic mass is 9.93. The Balaban J connectivity index is 2.08. The van der Waals surface area contributed by atoms with Gasteiger partial charge in [-0.15, -0.1) is 0 Å². The van der Waals surface area contributed by atoms with Crippen LogP contribution in [-0.4, -0.2) is 13.1 Å². The average Bonchev–Trinajstić information content (AvgIpc) is 2.57. The Labute approximate surface area is 128 Å². The fourth-order valence-electron chi connectivity index (χ4n) is 2.61. The van der Waals surface area contributed by atoms with Crippen molar-refractivity contribution in [2.45, 2.75) is 13.8 Å². The summed E-state index contributed by atoms with van der Waals surface area (Å²) >= 11 is 3.51. The summed E-state index contributed by atoms with van der Waals surface area (Å²) in [5.41, 5.74) is 3.91. The lowest BCUT2D eigenvalue weighted by Gasteiger charge is -2.31. The molecule has 1 aliphatic rings. The van der Waals surface area contributed by atoms with Crippen LogP contribution < -0.4 is 10.2 Å². The van der Waals surface area contributed by atoms with E-state index in [1.807, 2.05) is 0 Å². The van der Waals surface area contributed by atoms with E-state index in [0.717, 1.165) is 17.6 Å². The summed E-state index contributed by atoms with van der Waals surface area (Å²) in [5, 5.41) is 3.58. The molecule has 2 aromatic rings. The number of nitrogens with one attached hydrogen (secondary N) is 1. The van der Waals surface area contributed by atoms with Gasteiger partial charge in [0.1, 0.15) is 0 Å². The van der Waals surface area contributed by atoms with Gasteiger partial charge in [-0.05, 0) is 41.8 Å². The van der Waals surface area contributed by atoms with Gasteiger partial charge in [-0.25, -0.2) is 0 Å². The molecule has 2 aromatic carbocycles. The number of hydrogen-bond acceptors (Lipinski definition) is 2. The Kier molecular flexibility index (Phi) is 3.47. The van der Waals surface area contributed by atoms with Crippen LogP contribution in [0.4, 0.5) is 17.1 Å². The minimum atomic E-state index is 0.214. The van der Waals surface area contributed by atoms with Crippen LogP contribution in [-0.2, 0) is 0 Å². The highest BCUT2D eigenvalue weighted by atomic mass is 79.9. The van der Waals surface area contributed by atoms with E-state index < -0.39 is 0 Å². The molecule has 1 heterocycles. The molecule has 20 heavy (non-hydrogen) atoms. The second-order valence-corrected chi connectivity index (χ2v) is 7.01. The third kappa shape index (κ3) is 2.68. The number of anilines is 3. The lowest BCUT2D eigenvalue weighted by molar-refractivity contribution is 0.407. The Morgan fingerprint density at radius 2 is 1.75 bits per heavy atom. The molecule has 1 aliphatic heterocycles. The molecule has 3 rings (SSSR count). The first-order chi connectivity index (χ1) is 9.55. The number of fused-ring (bicyclic) bond motifs is 1. The first-order valence-electron chi connectivity index (χ1n) is 6.91. The SMILES string of the molecule is CC1(C)CNc2ccccc2N(c2ccc(Br)cc2)C1. The minimum absolute atomic E-state index is 0.214. The smallest absolute Gasteiger partial charge is 0.0646 e. The summed E-state index contributed by atoms with van der Waals surface area (Å²) in [7, 11) is 0. The van der Waals surface area contributed by atoms with Crippen molar-refractivity contribution in [1.29, 1.82) is 0 Å². The average molecular weight is 331 g/mol. The van der Waals surface area contributed by atoms with Crippen LogP contribution in [0, 0.1) is 5.41 Å². The number of nitrogens with zero attached hydrogens (tertiary/aromatic N) is 1. The normalized spacial score (nSPS) is 17.1. The summed E-state index contributed by atoms with van der Waals surface area (Å²) in [6.07, 6.45) is 0. The largest absolute Gasteiger partial charge is 0.383 e. The molecular weight excluding hydrogens is 312 g/mol. The van der Waals surface area contributed by atoms with Crippen molar-refractivity contribution in [3.63, 3.8) is 0 Å². The standard InChI is InChI=1S/C17H19BrN2/c1-17(2)11-19-15-5-3-4-6-16(15)20(12-17)14-9-7-13(18)8-10-14/h3-10,19H,11-12H2,1-2H3. The van der Waals surface area contributed by atoms with Crippen LogP contribution in [0.25, 0.3) is 0 Å². The van der Waals surface area contributed by atoms with Gasteiger partial charge < -0.3 is 10.2 Å². The predicted octanol–water partition coefficient (Wildman–Crippen LogP) is 5.04. The predicted molar refractivity (Wildman–Crippen MR) is 89.9 cm³/mol. The monoisotopic (exact) mass is 330 g/mol. The topological polar surface area (TPSA) is 15.3 Å². The van der Waals surface area contributed by atoms with Gasteiger partial charge in [0.05, 0.1) is 11.4 Å². The summed E-state index contributed by atoms with van der Waals surface area (Å²) in [6, 6.07) is 17.1. The zero-order valence-corrected chi connectivity index (χ0v) is 13.4. The van der Waals surface area contributed by atoms with Crippen LogP contribution in [0.5, 0.6) is 0 Å². The lowest BCUT2D eigenvalue weighted by Crippen LogP contribution is -2.33. The molecule has 1 N–H and O–H groups in total. The molecule has 0 saturated carbocycles. The molecule has 0 bridgehead atoms. The molecule has 3 heteroatoms. The number of para-hydroxylation sites is 2. The maximum Gasteiger partial charge on any atom is 0.0646 e. The van der Waals surface area contributed by atoms with E-state index in [1.165, 1.54) is 17.1 Å². The third-order valence-electron chi connectivity index (χ3n) is 3.68. The van der Waals surface area contributed by atoms with E-state index in [9.17, 15) is 0 Å². The van der Waals surface area contributed by atoms with E-state index in [2.05, 4.69) is 88.5 Å². The highest BCUT2D eigenvalue weighted by Crippen LogP contribution is 2.38. The van der Waals surface area contributed by atoms with E-state index in [-0.39, 0.29) is 5.41 Å². The maximum absolute atomic E-state index is 3.58. The number of rotatable bonds is 1. The minimum Gasteiger partial charge on any atom is -0.383 e. The van der Waals surface area contributed by atoms with Crippen molar-refractivity contribution in [3.05, 3.63) is 53.0 Å². The van der Waals surface area contributed by atoms with Gasteiger partial charge in [-0.3, -0.25) is 0 Å². The molecule has 0 atom stereocenters. The van der Waals surface area contributed by atoms with Crippen molar-refractivity contribution in [2.75, 3.05) is 23.3 Å². The maximum atomic E-state index is 3.58. The number of hydrogen-bond donors (Lipinski definition) is 1. The van der Waals surface area contributed by atoms with Gasteiger partial charge in [0.25, 0.3) is 0 Å². The first-order valence-corrected chi connectivity index (χ1v) is 7.70. The molecule has 0 unspecified atom stereocenters. The molecule has 0 spiro atoms. The Morgan fingerprint density at radius 1 is 1.05 bits per heavy atom. The van der Waals surface area contributed by atoms with E-state index in [4.69, 9.17) is 0 Å². The van der Waals surface area contributed by atoms with Crippen LogP contribution in [0.2, 0.25) is 0 Å². The molecule has 0 fully saturated rings. The van der Waals surface area contributed by atoms with Gasteiger partial charge in [0, 0.05) is 23.2 Å². The summed E-state index contributed by atoms with van der Waals surface area (Å²) in [4.78, 5) is 2.40. The Bertz CT molecular complexity index is 605. The molecule has 0 aliphatic carbocycles. The molecule has 0 radical (unpaired) electrons. The fraction of sp³-hybridized carbons (Fsp3) is 0.294. The summed E-state index contributed by atoms with van der Waals surface area (Å²) in [6.45, 7) is 6.59. The van der Waals surface area contributed by atoms with Crippen molar-refractivity contribution in [1.82, 2.24) is 0 Å². The Morgan fingerprint density at radius 3 is 2.50 bits per heavy atom. The zero-order chi connectivity index (χ0) is 14.2. The van der Waals surface area contributed by atoms with Crippen LogP contribution >= 0.6 is 15.9 Å². The summed E-state index contributed by atoms with van der Waals surface area (Å²) in [5.74, 6) is 0. The van der Waals surface area contributed by atoms with E-state index >= 15 is 0 Å². The third-order valence-corrected chi connectivity index (χ3v) is 4.21. The van der Waals surface area contributed by atoms with Crippen molar-refractivity contribution < 1.29 is 0 Å². The van der Waals surface area contributed by atoms with Crippen LogP contribution in [0.15, 0.2) is 53.0 Å². The van der Waals surface area contributed by atoms with Gasteiger partial charge in [0.2, 0.25) is 0 Å². The van der Waals surface area contributed by atoms with Crippen molar-refractivity contribution in [2.24, 2.45) is 5.41 Å². The summed E-state index contributed by atoms with van der Waals surface area (Å²) < 4.78 is 1.11. The number of halogens is 1. The van der Waals surface area contributed by atoms with Crippen molar-refractivity contribution in [3.8, 4) is 0 Å². The van der Waals surface area contributed by atoms with Gasteiger partial charge >= 0.3 is 0 Å². The Hall–Kier alpha value is -1.48. The molecule has 2 nitrogen and oxygen atoms in total. The molecular formula is C17H19BrN2. The second kappa shape index (κ2) is 5.13. The van der Waals surface area contributed by atoms with Crippen molar-refractivity contribution >= 4 is 33.0 Å². The number of benzene rings is 2. The fourth-order valence-corrected chi connectivity index (χ4v) is 2.88. The first kappa shape index (κ1) is 13.5. The highest BCUT2D eigenvalue weighted by molar-refractivity contribution is 9.10. The van der Waals surface area contributed by atoms with Gasteiger partial charge in [-0.2, -0.15) is 0 Å². The molecule has 104 valence electrons. The quantitative estimate of drug-likeness (QED) is 0.788. The highest BCUT2D eigenvalue weighted by Gasteiger charge is 2.27. The molecule has 0 saturated heterocycles.